The molecule has 0 bridgehead atoms. The van der Waals surface area contributed by atoms with Gasteiger partial charge in [0.15, 0.2) is 0 Å². The highest BCUT2D eigenvalue weighted by molar-refractivity contribution is 5.28. The molecular formula is C14H24N4O. The van der Waals surface area contributed by atoms with Crippen LogP contribution in [-0.2, 0) is 11.2 Å². The molecule has 0 aliphatic carbocycles. The Morgan fingerprint density at radius 1 is 1.32 bits per heavy atom. The number of hydrogen-bond acceptors (Lipinski definition) is 5. The summed E-state index contributed by atoms with van der Waals surface area (Å²) >= 11 is 0. The average Bonchev–Trinajstić information content (AvgIpc) is 2.48. The zero-order valence-corrected chi connectivity index (χ0v) is 12.2. The normalized spacial score (nSPS) is 18.3. The van der Waals surface area contributed by atoms with Gasteiger partial charge in [0.1, 0.15) is 0 Å². The standard InChI is InChI=1S/C14H24N4O/c1-4-13-9-15-14(16-10-13)17(3)11-12(2)18-5-7-19-8-6-18/h9-10,12H,4-8,11H2,1-3H3/t12-/m1/s1. The fourth-order valence-electron chi connectivity index (χ4n) is 2.34. The van der Waals surface area contributed by atoms with E-state index < -0.39 is 0 Å². The lowest BCUT2D eigenvalue weighted by Gasteiger charge is -2.34. The minimum Gasteiger partial charge on any atom is -0.379 e. The fourth-order valence-corrected chi connectivity index (χ4v) is 2.34. The highest BCUT2D eigenvalue weighted by Crippen LogP contribution is 2.10. The molecule has 0 saturated carbocycles. The van der Waals surface area contributed by atoms with Gasteiger partial charge in [-0.15, -0.1) is 0 Å². The molecule has 0 aromatic carbocycles. The van der Waals surface area contributed by atoms with E-state index in [1.165, 1.54) is 5.56 Å². The van der Waals surface area contributed by atoms with E-state index in [1.807, 2.05) is 12.4 Å². The van der Waals surface area contributed by atoms with Crippen molar-refractivity contribution in [1.82, 2.24) is 14.9 Å². The van der Waals surface area contributed by atoms with Gasteiger partial charge in [-0.25, -0.2) is 9.97 Å². The molecule has 0 amide bonds. The van der Waals surface area contributed by atoms with Crippen molar-refractivity contribution < 1.29 is 4.74 Å². The Morgan fingerprint density at radius 3 is 2.53 bits per heavy atom. The van der Waals surface area contributed by atoms with Crippen LogP contribution in [0.2, 0.25) is 0 Å². The smallest absolute Gasteiger partial charge is 0.225 e. The molecule has 2 rings (SSSR count). The molecule has 1 fully saturated rings. The summed E-state index contributed by atoms with van der Waals surface area (Å²) in [6.07, 6.45) is 4.81. The van der Waals surface area contributed by atoms with Gasteiger partial charge < -0.3 is 9.64 Å². The quantitative estimate of drug-likeness (QED) is 0.799. The summed E-state index contributed by atoms with van der Waals surface area (Å²) in [5, 5.41) is 0. The van der Waals surface area contributed by atoms with E-state index in [-0.39, 0.29) is 0 Å². The number of rotatable bonds is 5. The predicted octanol–water partition coefficient (Wildman–Crippen LogP) is 1.20. The first-order valence-corrected chi connectivity index (χ1v) is 7.04. The van der Waals surface area contributed by atoms with E-state index in [0.717, 1.165) is 45.2 Å². The van der Waals surface area contributed by atoms with Crippen LogP contribution >= 0.6 is 0 Å². The van der Waals surface area contributed by atoms with Gasteiger partial charge in [-0.1, -0.05) is 6.92 Å². The van der Waals surface area contributed by atoms with Gasteiger partial charge in [0.05, 0.1) is 13.2 Å². The molecule has 5 heteroatoms. The largest absolute Gasteiger partial charge is 0.379 e. The number of aryl methyl sites for hydroxylation is 1. The molecule has 0 spiro atoms. The van der Waals surface area contributed by atoms with Crippen molar-refractivity contribution in [2.75, 3.05) is 44.8 Å². The monoisotopic (exact) mass is 264 g/mol. The Balaban J connectivity index is 1.89. The van der Waals surface area contributed by atoms with Crippen molar-refractivity contribution in [3.63, 3.8) is 0 Å². The number of anilines is 1. The van der Waals surface area contributed by atoms with Crippen molar-refractivity contribution in [2.45, 2.75) is 26.3 Å². The Kier molecular flexibility index (Phi) is 5.10. The Bertz CT molecular complexity index is 376. The van der Waals surface area contributed by atoms with Crippen molar-refractivity contribution in [2.24, 2.45) is 0 Å². The lowest BCUT2D eigenvalue weighted by atomic mass is 10.2. The summed E-state index contributed by atoms with van der Waals surface area (Å²) in [5.74, 6) is 0.803. The van der Waals surface area contributed by atoms with Crippen LogP contribution in [0.1, 0.15) is 19.4 Å². The van der Waals surface area contributed by atoms with E-state index in [0.29, 0.717) is 6.04 Å². The van der Waals surface area contributed by atoms with Crippen LogP contribution in [0.15, 0.2) is 12.4 Å². The zero-order valence-electron chi connectivity index (χ0n) is 12.2. The van der Waals surface area contributed by atoms with Crippen molar-refractivity contribution >= 4 is 5.95 Å². The highest BCUT2D eigenvalue weighted by atomic mass is 16.5. The van der Waals surface area contributed by atoms with Crippen LogP contribution in [0.5, 0.6) is 0 Å². The van der Waals surface area contributed by atoms with Crippen molar-refractivity contribution in [3.05, 3.63) is 18.0 Å². The Morgan fingerprint density at radius 2 is 1.95 bits per heavy atom. The number of ether oxygens (including phenoxy) is 1. The van der Waals surface area contributed by atoms with Crippen LogP contribution in [0.3, 0.4) is 0 Å². The molecule has 1 aromatic heterocycles. The van der Waals surface area contributed by atoms with E-state index in [9.17, 15) is 0 Å². The van der Waals surface area contributed by atoms with Crippen LogP contribution in [0, 0.1) is 0 Å². The van der Waals surface area contributed by atoms with Gasteiger partial charge in [-0.3, -0.25) is 4.90 Å². The topological polar surface area (TPSA) is 41.5 Å². The van der Waals surface area contributed by atoms with E-state index >= 15 is 0 Å². The first-order valence-electron chi connectivity index (χ1n) is 7.04. The zero-order chi connectivity index (χ0) is 13.7. The maximum atomic E-state index is 5.39. The molecule has 106 valence electrons. The molecule has 0 unspecified atom stereocenters. The predicted molar refractivity (Wildman–Crippen MR) is 76.5 cm³/mol. The summed E-state index contributed by atoms with van der Waals surface area (Å²) in [5.41, 5.74) is 1.18. The van der Waals surface area contributed by atoms with Gasteiger partial charge in [0.2, 0.25) is 5.95 Å². The van der Waals surface area contributed by atoms with Gasteiger partial charge in [0.25, 0.3) is 0 Å². The number of morpholine rings is 1. The minimum atomic E-state index is 0.489. The summed E-state index contributed by atoms with van der Waals surface area (Å²) in [7, 11) is 2.05. The molecule has 1 aromatic rings. The molecule has 19 heavy (non-hydrogen) atoms. The van der Waals surface area contributed by atoms with E-state index in [4.69, 9.17) is 4.74 Å². The third kappa shape index (κ3) is 3.88. The van der Waals surface area contributed by atoms with Gasteiger partial charge in [-0.05, 0) is 18.9 Å². The number of nitrogens with zero attached hydrogens (tertiary/aromatic N) is 4. The van der Waals surface area contributed by atoms with E-state index in [2.05, 4.69) is 40.7 Å². The minimum absolute atomic E-state index is 0.489. The molecule has 0 radical (unpaired) electrons. The first-order chi connectivity index (χ1) is 9.20. The average molecular weight is 264 g/mol. The molecule has 1 aliphatic rings. The maximum absolute atomic E-state index is 5.39. The highest BCUT2D eigenvalue weighted by Gasteiger charge is 2.19. The van der Waals surface area contributed by atoms with Gasteiger partial charge in [-0.2, -0.15) is 0 Å². The molecule has 2 heterocycles. The second-order valence-corrected chi connectivity index (χ2v) is 5.12. The summed E-state index contributed by atoms with van der Waals surface area (Å²) in [6, 6.07) is 0.489. The SMILES string of the molecule is CCc1cnc(N(C)C[C@@H](C)N2CCOCC2)nc1. The number of likely N-dealkylation sites (N-methyl/N-ethyl adjacent to an activating group) is 1. The molecule has 1 atom stereocenters. The molecule has 1 saturated heterocycles. The second-order valence-electron chi connectivity index (χ2n) is 5.12. The van der Waals surface area contributed by atoms with Crippen LogP contribution in [-0.4, -0.2) is 60.8 Å². The lowest BCUT2D eigenvalue weighted by molar-refractivity contribution is 0.0217. The Hall–Kier alpha value is -1.20. The lowest BCUT2D eigenvalue weighted by Crippen LogP contribution is -2.47. The van der Waals surface area contributed by atoms with Crippen LogP contribution in [0.4, 0.5) is 5.95 Å². The third-order valence-corrected chi connectivity index (χ3v) is 3.65. The number of hydrogen-bond donors (Lipinski definition) is 0. The first kappa shape index (κ1) is 14.2. The Labute approximate surface area is 115 Å². The van der Waals surface area contributed by atoms with Gasteiger partial charge in [0, 0.05) is 45.1 Å². The molecule has 0 N–H and O–H groups in total. The molecular weight excluding hydrogens is 240 g/mol. The van der Waals surface area contributed by atoms with E-state index in [1.54, 1.807) is 0 Å². The van der Waals surface area contributed by atoms with Crippen LogP contribution in [0.25, 0.3) is 0 Å². The maximum Gasteiger partial charge on any atom is 0.225 e. The molecule has 1 aliphatic heterocycles. The summed E-state index contributed by atoms with van der Waals surface area (Å²) in [6.45, 7) is 9.02. The third-order valence-electron chi connectivity index (χ3n) is 3.65. The fraction of sp³-hybridized carbons (Fsp3) is 0.714. The summed E-state index contributed by atoms with van der Waals surface area (Å²) in [4.78, 5) is 13.4. The van der Waals surface area contributed by atoms with Gasteiger partial charge >= 0.3 is 0 Å². The second kappa shape index (κ2) is 6.82. The van der Waals surface area contributed by atoms with Crippen molar-refractivity contribution in [1.29, 1.82) is 0 Å². The van der Waals surface area contributed by atoms with Crippen molar-refractivity contribution in [3.8, 4) is 0 Å². The van der Waals surface area contributed by atoms with Crippen LogP contribution < -0.4 is 4.90 Å². The summed E-state index contributed by atoms with van der Waals surface area (Å²) < 4.78 is 5.39. The number of aromatic nitrogens is 2. The molecule has 5 nitrogen and oxygen atoms in total.